The fraction of sp³-hybridized carbons (Fsp3) is 0.167. The minimum Gasteiger partial charge on any atom is -0.335 e. The largest absolute Gasteiger partial charge is 0.335 e. The van der Waals surface area contributed by atoms with E-state index in [1.165, 1.54) is 12.1 Å². The van der Waals surface area contributed by atoms with E-state index in [0.29, 0.717) is 42.6 Å². The predicted octanol–water partition coefficient (Wildman–Crippen LogP) is 8.12. The standard InChI is InChI=1S/C24H16Cl5FN2OS/c1-32(17-5-2-15(30)3-6-17)23(34)18-11-16(4-7-19(18)27)31-22(33)21-20(24(21,28)29)12-8-13(25)10-14(26)9-12/h2-11,20-21H,1H3,(H,31,33). The number of nitrogens with zero attached hydrogens (tertiary/aromatic N) is 1. The molecule has 2 unspecified atom stereocenters. The lowest BCUT2D eigenvalue weighted by Gasteiger charge is -2.21. The summed E-state index contributed by atoms with van der Waals surface area (Å²) in [5, 5.41) is 4.10. The second kappa shape index (κ2) is 9.81. The zero-order valence-electron chi connectivity index (χ0n) is 17.5. The van der Waals surface area contributed by atoms with Crippen molar-refractivity contribution < 1.29 is 9.18 Å². The fourth-order valence-electron chi connectivity index (χ4n) is 3.77. The van der Waals surface area contributed by atoms with Crippen molar-refractivity contribution in [3.05, 3.63) is 92.7 Å². The van der Waals surface area contributed by atoms with Gasteiger partial charge in [-0.15, -0.1) is 23.2 Å². The summed E-state index contributed by atoms with van der Waals surface area (Å²) >= 11 is 37.1. The summed E-state index contributed by atoms with van der Waals surface area (Å²) in [6.07, 6.45) is 0. The first-order valence-corrected chi connectivity index (χ1v) is 12.3. The summed E-state index contributed by atoms with van der Waals surface area (Å²) in [5.74, 6) is -1.89. The molecule has 1 fully saturated rings. The molecule has 176 valence electrons. The molecule has 1 amide bonds. The molecule has 1 aliphatic rings. The molecule has 0 aliphatic heterocycles. The van der Waals surface area contributed by atoms with Crippen molar-refractivity contribution in [3.8, 4) is 0 Å². The third kappa shape index (κ3) is 5.15. The zero-order chi connectivity index (χ0) is 24.8. The maximum absolute atomic E-state index is 13.3. The highest BCUT2D eigenvalue weighted by atomic mass is 35.5. The van der Waals surface area contributed by atoms with Gasteiger partial charge in [-0.05, 0) is 66.2 Å². The minimum absolute atomic E-state index is 0.348. The highest BCUT2D eigenvalue weighted by Crippen LogP contribution is 2.65. The Morgan fingerprint density at radius 1 is 1.00 bits per heavy atom. The van der Waals surface area contributed by atoms with Gasteiger partial charge in [-0.3, -0.25) is 4.79 Å². The summed E-state index contributed by atoms with van der Waals surface area (Å²) in [6, 6.07) is 15.8. The number of anilines is 2. The van der Waals surface area contributed by atoms with Crippen molar-refractivity contribution in [2.45, 2.75) is 10.3 Å². The van der Waals surface area contributed by atoms with Gasteiger partial charge in [-0.25, -0.2) is 4.39 Å². The molecule has 2 atom stereocenters. The Hall–Kier alpha value is -1.60. The lowest BCUT2D eigenvalue weighted by atomic mass is 10.1. The third-order valence-corrected chi connectivity index (χ3v) is 7.76. The van der Waals surface area contributed by atoms with Gasteiger partial charge in [0.1, 0.15) is 15.1 Å². The number of halogens is 6. The molecule has 1 N–H and O–H groups in total. The van der Waals surface area contributed by atoms with Gasteiger partial charge in [0.25, 0.3) is 0 Å². The second-order valence-electron chi connectivity index (χ2n) is 7.86. The highest BCUT2D eigenvalue weighted by molar-refractivity contribution is 7.81. The Kier molecular flexibility index (Phi) is 7.35. The number of hydrogen-bond acceptors (Lipinski definition) is 2. The maximum atomic E-state index is 13.3. The molecule has 34 heavy (non-hydrogen) atoms. The summed E-state index contributed by atoms with van der Waals surface area (Å²) < 4.78 is 12.0. The van der Waals surface area contributed by atoms with Crippen LogP contribution in [0.25, 0.3) is 0 Å². The van der Waals surface area contributed by atoms with Crippen LogP contribution in [0.3, 0.4) is 0 Å². The van der Waals surface area contributed by atoms with Gasteiger partial charge < -0.3 is 10.2 Å². The van der Waals surface area contributed by atoms with E-state index in [1.54, 1.807) is 60.5 Å². The Morgan fingerprint density at radius 3 is 2.24 bits per heavy atom. The summed E-state index contributed by atoms with van der Waals surface area (Å²) in [7, 11) is 1.75. The first-order chi connectivity index (χ1) is 16.0. The molecule has 0 saturated heterocycles. The van der Waals surface area contributed by atoms with Crippen molar-refractivity contribution in [1.82, 2.24) is 0 Å². The average Bonchev–Trinajstić information content (AvgIpc) is 3.36. The van der Waals surface area contributed by atoms with Crippen LogP contribution in [-0.4, -0.2) is 22.3 Å². The molecule has 10 heteroatoms. The van der Waals surface area contributed by atoms with E-state index >= 15 is 0 Å². The van der Waals surface area contributed by atoms with Crippen LogP contribution in [0.5, 0.6) is 0 Å². The minimum atomic E-state index is -1.30. The van der Waals surface area contributed by atoms with E-state index in [0.717, 1.165) is 0 Å². The van der Waals surface area contributed by atoms with E-state index in [4.69, 9.17) is 70.2 Å². The maximum Gasteiger partial charge on any atom is 0.231 e. The van der Waals surface area contributed by atoms with E-state index in [1.807, 2.05) is 0 Å². The number of carbonyl (C=O) groups excluding carboxylic acids is 1. The predicted molar refractivity (Wildman–Crippen MR) is 144 cm³/mol. The third-order valence-electron chi connectivity index (χ3n) is 5.56. The molecule has 0 bridgehead atoms. The number of alkyl halides is 2. The molecule has 1 aliphatic carbocycles. The molecule has 0 radical (unpaired) electrons. The SMILES string of the molecule is CN(C(=S)c1cc(NC(=O)C2C(c3cc(Cl)cc(Cl)c3)C2(Cl)Cl)ccc1Cl)c1ccc(F)cc1. The van der Waals surface area contributed by atoms with Crippen LogP contribution >= 0.6 is 70.2 Å². The average molecular weight is 577 g/mol. The van der Waals surface area contributed by atoms with Crippen molar-refractivity contribution in [2.24, 2.45) is 5.92 Å². The first kappa shape index (κ1) is 25.5. The molecule has 0 aromatic heterocycles. The van der Waals surface area contributed by atoms with Crippen molar-refractivity contribution >= 4 is 92.5 Å². The summed E-state index contributed by atoms with van der Waals surface area (Å²) in [6.45, 7) is 0. The summed E-state index contributed by atoms with van der Waals surface area (Å²) in [5.41, 5.74) is 2.37. The number of hydrogen-bond donors (Lipinski definition) is 1. The van der Waals surface area contributed by atoms with Crippen LogP contribution in [0.1, 0.15) is 17.0 Å². The molecule has 1 saturated carbocycles. The number of benzene rings is 3. The van der Waals surface area contributed by atoms with Gasteiger partial charge in [0, 0.05) is 39.9 Å². The smallest absolute Gasteiger partial charge is 0.231 e. The van der Waals surface area contributed by atoms with Gasteiger partial charge in [0.2, 0.25) is 5.91 Å². The number of nitrogens with one attached hydrogen (secondary N) is 1. The Balaban J connectivity index is 1.53. The number of amides is 1. The first-order valence-electron chi connectivity index (χ1n) is 9.97. The molecular formula is C24H16Cl5FN2OS. The van der Waals surface area contributed by atoms with Crippen LogP contribution in [-0.2, 0) is 4.79 Å². The number of thiocarbonyl (C=S) groups is 1. The molecule has 0 heterocycles. The second-order valence-corrected chi connectivity index (χ2v) is 11.0. The van der Waals surface area contributed by atoms with Crippen LogP contribution in [0.2, 0.25) is 15.1 Å². The van der Waals surface area contributed by atoms with Crippen molar-refractivity contribution in [3.63, 3.8) is 0 Å². The Bertz CT molecular complexity index is 1260. The molecule has 0 spiro atoms. The van der Waals surface area contributed by atoms with Crippen LogP contribution < -0.4 is 10.2 Å². The highest BCUT2D eigenvalue weighted by Gasteiger charge is 2.67. The quantitative estimate of drug-likeness (QED) is 0.246. The van der Waals surface area contributed by atoms with E-state index in [2.05, 4.69) is 5.32 Å². The van der Waals surface area contributed by atoms with Crippen LogP contribution in [0.4, 0.5) is 15.8 Å². The van der Waals surface area contributed by atoms with Crippen LogP contribution in [0.15, 0.2) is 60.7 Å². The van der Waals surface area contributed by atoms with E-state index in [9.17, 15) is 9.18 Å². The van der Waals surface area contributed by atoms with E-state index < -0.39 is 16.2 Å². The van der Waals surface area contributed by atoms with Gasteiger partial charge in [0.15, 0.2) is 0 Å². The van der Waals surface area contributed by atoms with Crippen LogP contribution in [0, 0.1) is 11.7 Å². The Morgan fingerprint density at radius 2 is 1.62 bits per heavy atom. The molecule has 4 rings (SSSR count). The molecule has 3 aromatic carbocycles. The van der Waals surface area contributed by atoms with Crippen molar-refractivity contribution in [2.75, 3.05) is 17.3 Å². The Labute approximate surface area is 226 Å². The van der Waals surface area contributed by atoms with Crippen molar-refractivity contribution in [1.29, 1.82) is 0 Å². The van der Waals surface area contributed by atoms with Gasteiger partial charge in [0.05, 0.1) is 10.9 Å². The lowest BCUT2D eigenvalue weighted by molar-refractivity contribution is -0.117. The fourth-order valence-corrected chi connectivity index (χ4v) is 5.68. The molecular weight excluding hydrogens is 561 g/mol. The van der Waals surface area contributed by atoms with Gasteiger partial charge in [-0.1, -0.05) is 47.0 Å². The number of carbonyl (C=O) groups is 1. The molecule has 3 aromatic rings. The normalized spacial score (nSPS) is 18.3. The topological polar surface area (TPSA) is 32.3 Å². The van der Waals surface area contributed by atoms with Gasteiger partial charge >= 0.3 is 0 Å². The molecule has 3 nitrogen and oxygen atoms in total. The lowest BCUT2D eigenvalue weighted by Crippen LogP contribution is -2.25. The monoisotopic (exact) mass is 574 g/mol. The van der Waals surface area contributed by atoms with E-state index in [-0.39, 0.29) is 11.7 Å². The zero-order valence-corrected chi connectivity index (χ0v) is 22.1. The number of rotatable bonds is 5. The van der Waals surface area contributed by atoms with Gasteiger partial charge in [-0.2, -0.15) is 0 Å². The summed E-state index contributed by atoms with van der Waals surface area (Å²) in [4.78, 5) is 15.1.